The Morgan fingerprint density at radius 2 is 2.25 bits per heavy atom. The van der Waals surface area contributed by atoms with Crippen LogP contribution in [0.15, 0.2) is 35.1 Å². The van der Waals surface area contributed by atoms with Crippen molar-refractivity contribution in [3.8, 4) is 5.88 Å². The minimum Gasteiger partial charge on any atom is -0.475 e. The molecule has 20 heavy (non-hydrogen) atoms. The number of carbonyl (C=O) groups excluding carboxylic acids is 1. The summed E-state index contributed by atoms with van der Waals surface area (Å²) in [7, 11) is 1.59. The Bertz CT molecular complexity index is 568. The molecule has 2 aromatic heterocycles. The molecule has 0 aliphatic carbocycles. The molecule has 2 rings (SSSR count). The van der Waals surface area contributed by atoms with Crippen molar-refractivity contribution in [1.29, 1.82) is 0 Å². The minimum absolute atomic E-state index is 0.0509. The summed E-state index contributed by atoms with van der Waals surface area (Å²) in [5.41, 5.74) is 0.804. The van der Waals surface area contributed by atoms with Crippen molar-refractivity contribution >= 4 is 23.2 Å². The molecule has 2 heterocycles. The average molecular weight is 297 g/mol. The van der Waals surface area contributed by atoms with Gasteiger partial charge in [-0.25, -0.2) is 4.98 Å². The molecular formula is C13H13ClN2O4. The zero-order valence-electron chi connectivity index (χ0n) is 10.8. The fourth-order valence-corrected chi connectivity index (χ4v) is 1.62. The first-order valence-corrected chi connectivity index (χ1v) is 6.20. The number of rotatable bonds is 6. The highest BCUT2D eigenvalue weighted by molar-refractivity contribution is 6.32. The number of halogens is 1. The molecular weight excluding hydrogens is 284 g/mol. The average Bonchev–Trinajstić information content (AvgIpc) is 2.87. The van der Waals surface area contributed by atoms with Crippen LogP contribution in [0.2, 0.25) is 5.22 Å². The van der Waals surface area contributed by atoms with Crippen molar-refractivity contribution in [2.24, 2.45) is 0 Å². The molecule has 0 unspecified atom stereocenters. The van der Waals surface area contributed by atoms with E-state index in [9.17, 15) is 4.79 Å². The van der Waals surface area contributed by atoms with Crippen LogP contribution >= 0.6 is 11.6 Å². The lowest BCUT2D eigenvalue weighted by Crippen LogP contribution is -2.11. The highest BCUT2D eigenvalue weighted by Gasteiger charge is 2.13. The normalized spacial score (nSPS) is 10.3. The topological polar surface area (TPSA) is 73.6 Å². The Morgan fingerprint density at radius 1 is 1.40 bits per heavy atom. The molecule has 0 spiro atoms. The second kappa shape index (κ2) is 6.93. The summed E-state index contributed by atoms with van der Waals surface area (Å²) in [6, 6.07) is 4.83. The maximum absolute atomic E-state index is 11.9. The van der Waals surface area contributed by atoms with Crippen LogP contribution in [-0.4, -0.2) is 31.2 Å². The van der Waals surface area contributed by atoms with E-state index < -0.39 is 0 Å². The van der Waals surface area contributed by atoms with Crippen LogP contribution in [0.4, 0.5) is 5.69 Å². The zero-order chi connectivity index (χ0) is 14.4. The quantitative estimate of drug-likeness (QED) is 0.829. The van der Waals surface area contributed by atoms with E-state index >= 15 is 0 Å². The van der Waals surface area contributed by atoms with Crippen LogP contribution < -0.4 is 10.1 Å². The number of carbonyl (C=O) groups is 1. The van der Waals surface area contributed by atoms with Gasteiger partial charge in [0.05, 0.1) is 30.3 Å². The van der Waals surface area contributed by atoms with Crippen molar-refractivity contribution in [2.75, 3.05) is 25.6 Å². The second-order valence-electron chi connectivity index (χ2n) is 3.79. The van der Waals surface area contributed by atoms with Crippen molar-refractivity contribution in [3.05, 3.63) is 41.4 Å². The fourth-order valence-electron chi connectivity index (χ4n) is 1.42. The molecule has 0 fully saturated rings. The molecule has 0 bridgehead atoms. The van der Waals surface area contributed by atoms with Crippen molar-refractivity contribution < 1.29 is 18.7 Å². The number of ether oxygens (including phenoxy) is 2. The third-order valence-electron chi connectivity index (χ3n) is 2.39. The van der Waals surface area contributed by atoms with Gasteiger partial charge in [-0.15, -0.1) is 0 Å². The summed E-state index contributed by atoms with van der Waals surface area (Å²) in [4.78, 5) is 15.9. The summed E-state index contributed by atoms with van der Waals surface area (Å²) < 4.78 is 15.0. The molecule has 0 atom stereocenters. The Hall–Kier alpha value is -2.05. The Labute approximate surface area is 120 Å². The van der Waals surface area contributed by atoms with Gasteiger partial charge in [-0.1, -0.05) is 0 Å². The molecule has 0 aliphatic rings. The maximum atomic E-state index is 11.9. The van der Waals surface area contributed by atoms with Gasteiger partial charge in [0.15, 0.2) is 0 Å². The second-order valence-corrected chi connectivity index (χ2v) is 4.13. The molecule has 0 aliphatic heterocycles. The number of hydrogen-bond acceptors (Lipinski definition) is 5. The number of furan rings is 1. The number of methoxy groups -OCH3 is 1. The number of hydrogen-bond donors (Lipinski definition) is 1. The van der Waals surface area contributed by atoms with Crippen molar-refractivity contribution in [3.63, 3.8) is 0 Å². The van der Waals surface area contributed by atoms with E-state index in [1.165, 1.54) is 18.5 Å². The van der Waals surface area contributed by atoms with Gasteiger partial charge in [0.1, 0.15) is 6.61 Å². The molecule has 0 radical (unpaired) electrons. The third-order valence-corrected chi connectivity index (χ3v) is 2.69. The van der Waals surface area contributed by atoms with Crippen LogP contribution in [0.5, 0.6) is 5.88 Å². The number of nitrogens with zero attached hydrogens (tertiary/aromatic N) is 1. The largest absolute Gasteiger partial charge is 0.475 e. The lowest BCUT2D eigenvalue weighted by Gasteiger charge is -2.06. The number of aromatic nitrogens is 1. The van der Waals surface area contributed by atoms with Gasteiger partial charge >= 0.3 is 0 Å². The molecule has 7 heteroatoms. The number of anilines is 1. The van der Waals surface area contributed by atoms with E-state index in [1.807, 2.05) is 0 Å². The highest BCUT2D eigenvalue weighted by atomic mass is 35.5. The molecule has 6 nitrogen and oxygen atoms in total. The minimum atomic E-state index is -0.362. The van der Waals surface area contributed by atoms with Crippen LogP contribution in [-0.2, 0) is 4.74 Å². The first-order valence-electron chi connectivity index (χ1n) is 5.83. The number of nitrogens with one attached hydrogen (secondary N) is 1. The first kappa shape index (κ1) is 14.4. The van der Waals surface area contributed by atoms with Crippen molar-refractivity contribution in [1.82, 2.24) is 4.98 Å². The number of amides is 1. The molecule has 0 aromatic carbocycles. The van der Waals surface area contributed by atoms with Gasteiger partial charge < -0.3 is 19.2 Å². The highest BCUT2D eigenvalue weighted by Crippen LogP contribution is 2.19. The van der Waals surface area contributed by atoms with Gasteiger partial charge in [-0.3, -0.25) is 4.79 Å². The van der Waals surface area contributed by atoms with Crippen LogP contribution in [0.1, 0.15) is 10.4 Å². The lowest BCUT2D eigenvalue weighted by molar-refractivity contribution is 0.102. The lowest BCUT2D eigenvalue weighted by atomic mass is 10.3. The van der Waals surface area contributed by atoms with E-state index in [1.54, 1.807) is 19.2 Å². The predicted octanol–water partition coefficient (Wildman–Crippen LogP) is 2.61. The summed E-state index contributed by atoms with van der Waals surface area (Å²) >= 11 is 5.72. The van der Waals surface area contributed by atoms with Crippen LogP contribution in [0.3, 0.4) is 0 Å². The van der Waals surface area contributed by atoms with Gasteiger partial charge in [0.25, 0.3) is 5.91 Å². The van der Waals surface area contributed by atoms with Gasteiger partial charge in [-0.05, 0) is 23.7 Å². The monoisotopic (exact) mass is 296 g/mol. The van der Waals surface area contributed by atoms with E-state index in [4.69, 9.17) is 25.5 Å². The third kappa shape index (κ3) is 3.72. The summed E-state index contributed by atoms with van der Waals surface area (Å²) in [5.74, 6) is 0.0972. The Balaban J connectivity index is 1.93. The maximum Gasteiger partial charge on any atom is 0.260 e. The molecule has 106 valence electrons. The molecule has 1 amide bonds. The molecule has 1 N–H and O–H groups in total. The van der Waals surface area contributed by atoms with E-state index in [0.29, 0.717) is 24.8 Å². The smallest absolute Gasteiger partial charge is 0.260 e. The van der Waals surface area contributed by atoms with Gasteiger partial charge in [0.2, 0.25) is 11.1 Å². The van der Waals surface area contributed by atoms with E-state index in [0.717, 1.165) is 0 Å². The summed E-state index contributed by atoms with van der Waals surface area (Å²) in [6.07, 6.45) is 2.84. The van der Waals surface area contributed by atoms with Crippen LogP contribution in [0.25, 0.3) is 0 Å². The van der Waals surface area contributed by atoms with Gasteiger partial charge in [0, 0.05) is 13.2 Å². The summed E-state index contributed by atoms with van der Waals surface area (Å²) in [6.45, 7) is 0.902. The Kier molecular flexibility index (Phi) is 4.97. The fraction of sp³-hybridized carbons (Fsp3) is 0.231. The molecule has 0 saturated heterocycles. The van der Waals surface area contributed by atoms with Crippen molar-refractivity contribution in [2.45, 2.75) is 0 Å². The standard InChI is InChI=1S/C13H13ClN2O4/c1-18-6-7-19-11-3-2-9(8-15-11)16-13(17)10-4-5-20-12(10)14/h2-5,8H,6-7H2,1H3,(H,16,17). The van der Waals surface area contributed by atoms with Gasteiger partial charge in [-0.2, -0.15) is 0 Å². The SMILES string of the molecule is COCCOc1ccc(NC(=O)c2ccoc2Cl)cn1. The first-order chi connectivity index (χ1) is 9.70. The van der Waals surface area contributed by atoms with E-state index in [2.05, 4.69) is 10.3 Å². The Morgan fingerprint density at radius 3 is 2.85 bits per heavy atom. The van der Waals surface area contributed by atoms with E-state index in [-0.39, 0.29) is 16.7 Å². The zero-order valence-corrected chi connectivity index (χ0v) is 11.5. The molecule has 2 aromatic rings. The van der Waals surface area contributed by atoms with Crippen LogP contribution in [0, 0.1) is 0 Å². The molecule has 0 saturated carbocycles. The predicted molar refractivity (Wildman–Crippen MR) is 73.3 cm³/mol. The number of pyridine rings is 1. The summed E-state index contributed by atoms with van der Waals surface area (Å²) in [5, 5.41) is 2.70.